The van der Waals surface area contributed by atoms with Gasteiger partial charge in [0.2, 0.25) is 5.95 Å². The number of rotatable bonds is 5. The fourth-order valence-corrected chi connectivity index (χ4v) is 4.71. The van der Waals surface area contributed by atoms with Crippen LogP contribution in [-0.2, 0) is 19.5 Å². The van der Waals surface area contributed by atoms with Crippen molar-refractivity contribution in [2.75, 3.05) is 13.1 Å². The second-order valence-electron chi connectivity index (χ2n) is 8.92. The van der Waals surface area contributed by atoms with Gasteiger partial charge < -0.3 is 5.32 Å². The molecule has 6 nitrogen and oxygen atoms in total. The Morgan fingerprint density at radius 1 is 1.11 bits per heavy atom. The highest BCUT2D eigenvalue weighted by Gasteiger charge is 2.26. The van der Waals surface area contributed by atoms with Crippen molar-refractivity contribution in [3.8, 4) is 6.07 Å². The molecule has 0 saturated heterocycles. The molecule has 1 N–H and O–H groups in total. The summed E-state index contributed by atoms with van der Waals surface area (Å²) >= 11 is 0. The zero-order valence-corrected chi connectivity index (χ0v) is 20.0. The van der Waals surface area contributed by atoms with E-state index in [-0.39, 0.29) is 18.1 Å². The van der Waals surface area contributed by atoms with Gasteiger partial charge in [-0.3, -0.25) is 9.47 Å². The Morgan fingerprint density at radius 2 is 1.89 bits per heavy atom. The molecule has 0 aliphatic carbocycles. The number of carbonyl (C=O) groups excluding carboxylic acids is 1. The van der Waals surface area contributed by atoms with Crippen LogP contribution in [-0.4, -0.2) is 33.6 Å². The van der Waals surface area contributed by atoms with Crippen LogP contribution in [0.15, 0.2) is 54.7 Å². The standard InChI is InChI=1S/C28H21F4N5O/c29-19-12-23(30)20(24(31)13-19)2-1-8-36-9-6-26-22(16-36)21-10-17(14-33)3-4-25(21)37(26)28(38)35-15-18-5-7-34-27(32)11-18/h1-5,7,10-13H,6,8-9,15-16H2,(H,35,38)/b2-1+. The van der Waals surface area contributed by atoms with Gasteiger partial charge in [0.15, 0.2) is 0 Å². The van der Waals surface area contributed by atoms with E-state index in [0.717, 1.165) is 16.6 Å². The van der Waals surface area contributed by atoms with E-state index >= 15 is 0 Å². The normalized spacial score (nSPS) is 13.6. The fourth-order valence-electron chi connectivity index (χ4n) is 4.71. The maximum absolute atomic E-state index is 14.0. The quantitative estimate of drug-likeness (QED) is 0.287. The number of amides is 1. The number of hydrogen-bond donors (Lipinski definition) is 1. The third-order valence-corrected chi connectivity index (χ3v) is 6.49. The molecule has 192 valence electrons. The van der Waals surface area contributed by atoms with E-state index in [1.807, 2.05) is 4.90 Å². The second-order valence-corrected chi connectivity index (χ2v) is 8.92. The molecular formula is C28H21F4N5O. The molecule has 1 amide bonds. The minimum absolute atomic E-state index is 0.108. The summed E-state index contributed by atoms with van der Waals surface area (Å²) in [6.07, 6.45) is 4.72. The van der Waals surface area contributed by atoms with Gasteiger partial charge in [0, 0.05) is 67.6 Å². The summed E-state index contributed by atoms with van der Waals surface area (Å²) in [5.41, 5.74) is 3.01. The number of halogens is 4. The topological polar surface area (TPSA) is 74.0 Å². The molecular weight excluding hydrogens is 498 g/mol. The van der Waals surface area contributed by atoms with Crippen LogP contribution in [0.2, 0.25) is 0 Å². The van der Waals surface area contributed by atoms with Gasteiger partial charge in [-0.1, -0.05) is 12.2 Å². The van der Waals surface area contributed by atoms with Crippen molar-refractivity contribution in [3.05, 3.63) is 106 Å². The average molecular weight is 520 g/mol. The third-order valence-electron chi connectivity index (χ3n) is 6.49. The maximum Gasteiger partial charge on any atom is 0.326 e. The van der Waals surface area contributed by atoms with Crippen LogP contribution in [0.25, 0.3) is 17.0 Å². The number of hydrogen-bond acceptors (Lipinski definition) is 4. The molecule has 0 radical (unpaired) electrons. The van der Waals surface area contributed by atoms with Crippen LogP contribution in [0.1, 0.15) is 27.9 Å². The SMILES string of the molecule is N#Cc1ccc2c(c1)c1c(n2C(=O)NCc2ccnc(F)c2)CCN(C/C=C/c2c(F)cc(F)cc2F)C1. The smallest absolute Gasteiger partial charge is 0.326 e. The summed E-state index contributed by atoms with van der Waals surface area (Å²) in [4.78, 5) is 18.8. The average Bonchev–Trinajstić information content (AvgIpc) is 3.22. The highest BCUT2D eigenvalue weighted by Crippen LogP contribution is 2.32. The van der Waals surface area contributed by atoms with Gasteiger partial charge in [0.1, 0.15) is 17.5 Å². The molecule has 0 fully saturated rings. The molecule has 0 spiro atoms. The molecule has 2 aromatic carbocycles. The lowest BCUT2D eigenvalue weighted by molar-refractivity contribution is 0.240. The molecule has 2 aromatic heterocycles. The van der Waals surface area contributed by atoms with Crippen LogP contribution < -0.4 is 5.32 Å². The van der Waals surface area contributed by atoms with Gasteiger partial charge in [0.25, 0.3) is 0 Å². The number of nitriles is 1. The molecule has 1 aliphatic rings. The lowest BCUT2D eigenvalue weighted by Gasteiger charge is -2.27. The van der Waals surface area contributed by atoms with Crippen molar-refractivity contribution in [3.63, 3.8) is 0 Å². The lowest BCUT2D eigenvalue weighted by atomic mass is 10.0. The number of pyridine rings is 1. The first-order valence-electron chi connectivity index (χ1n) is 11.8. The Balaban J connectivity index is 1.40. The van der Waals surface area contributed by atoms with E-state index in [4.69, 9.17) is 0 Å². The number of carbonyl (C=O) groups is 1. The second kappa shape index (κ2) is 10.5. The number of fused-ring (bicyclic) bond motifs is 3. The van der Waals surface area contributed by atoms with Crippen LogP contribution in [0.3, 0.4) is 0 Å². The van der Waals surface area contributed by atoms with Crippen LogP contribution in [0, 0.1) is 34.7 Å². The molecule has 0 atom stereocenters. The van der Waals surface area contributed by atoms with Gasteiger partial charge in [-0.25, -0.2) is 22.9 Å². The summed E-state index contributed by atoms with van der Waals surface area (Å²) in [6.45, 7) is 1.47. The van der Waals surface area contributed by atoms with E-state index in [0.29, 0.717) is 54.8 Å². The van der Waals surface area contributed by atoms with E-state index in [2.05, 4.69) is 16.4 Å². The zero-order valence-electron chi connectivity index (χ0n) is 20.0. The Labute approximate surface area is 215 Å². The molecule has 5 rings (SSSR count). The maximum atomic E-state index is 14.0. The van der Waals surface area contributed by atoms with Gasteiger partial charge in [-0.05, 0) is 41.5 Å². The number of nitrogens with zero attached hydrogens (tertiary/aromatic N) is 4. The van der Waals surface area contributed by atoms with Crippen LogP contribution >= 0.6 is 0 Å². The van der Waals surface area contributed by atoms with Crippen LogP contribution in [0.5, 0.6) is 0 Å². The molecule has 1 aliphatic heterocycles. The molecule has 0 unspecified atom stereocenters. The summed E-state index contributed by atoms with van der Waals surface area (Å²) < 4.78 is 56.1. The largest absolute Gasteiger partial charge is 0.333 e. The van der Waals surface area contributed by atoms with E-state index in [1.54, 1.807) is 34.9 Å². The summed E-state index contributed by atoms with van der Waals surface area (Å²) in [7, 11) is 0. The lowest BCUT2D eigenvalue weighted by Crippen LogP contribution is -2.34. The number of aromatic nitrogens is 2. The summed E-state index contributed by atoms with van der Waals surface area (Å²) in [5.74, 6) is -3.57. The zero-order chi connectivity index (χ0) is 26.8. The predicted molar refractivity (Wildman–Crippen MR) is 133 cm³/mol. The fraction of sp³-hybridized carbons (Fsp3) is 0.179. The highest BCUT2D eigenvalue weighted by atomic mass is 19.1. The minimum Gasteiger partial charge on any atom is -0.333 e. The van der Waals surface area contributed by atoms with Crippen molar-refractivity contribution in [1.29, 1.82) is 5.26 Å². The Bertz CT molecular complexity index is 1600. The van der Waals surface area contributed by atoms with Crippen molar-refractivity contribution >= 4 is 23.0 Å². The van der Waals surface area contributed by atoms with Crippen LogP contribution in [0.4, 0.5) is 22.4 Å². The molecule has 4 aromatic rings. The van der Waals surface area contributed by atoms with Gasteiger partial charge >= 0.3 is 6.03 Å². The van der Waals surface area contributed by atoms with Gasteiger partial charge in [0.05, 0.1) is 17.1 Å². The first kappa shape index (κ1) is 25.2. The van der Waals surface area contributed by atoms with E-state index in [1.165, 1.54) is 18.3 Å². The number of benzene rings is 2. The van der Waals surface area contributed by atoms with Crippen molar-refractivity contribution in [1.82, 2.24) is 19.8 Å². The van der Waals surface area contributed by atoms with Crippen molar-refractivity contribution in [2.24, 2.45) is 0 Å². The van der Waals surface area contributed by atoms with E-state index in [9.17, 15) is 27.6 Å². The highest BCUT2D eigenvalue weighted by molar-refractivity contribution is 5.96. The van der Waals surface area contributed by atoms with Crippen molar-refractivity contribution in [2.45, 2.75) is 19.5 Å². The van der Waals surface area contributed by atoms with Gasteiger partial charge in [-0.15, -0.1) is 0 Å². The first-order chi connectivity index (χ1) is 18.3. The molecule has 0 bridgehead atoms. The van der Waals surface area contributed by atoms with Crippen molar-refractivity contribution < 1.29 is 22.4 Å². The molecule has 38 heavy (non-hydrogen) atoms. The predicted octanol–water partition coefficient (Wildman–Crippen LogP) is 5.29. The summed E-state index contributed by atoms with van der Waals surface area (Å²) in [6, 6.07) is 11.0. The first-order valence-corrected chi connectivity index (χ1v) is 11.8. The third kappa shape index (κ3) is 5.01. The molecule has 3 heterocycles. The Morgan fingerprint density at radius 3 is 2.63 bits per heavy atom. The Kier molecular flexibility index (Phi) is 6.94. The minimum atomic E-state index is -0.981. The summed E-state index contributed by atoms with van der Waals surface area (Å²) in [5, 5.41) is 13.0. The van der Waals surface area contributed by atoms with E-state index < -0.39 is 23.4 Å². The Hall–Kier alpha value is -4.49. The molecule has 0 saturated carbocycles. The van der Waals surface area contributed by atoms with Gasteiger partial charge in [-0.2, -0.15) is 9.65 Å². The monoisotopic (exact) mass is 519 g/mol. The molecule has 10 heteroatoms. The number of nitrogens with one attached hydrogen (secondary N) is 1.